The van der Waals surface area contributed by atoms with Gasteiger partial charge in [-0.05, 0) is 43.2 Å². The summed E-state index contributed by atoms with van der Waals surface area (Å²) < 4.78 is 33.2. The Morgan fingerprint density at radius 2 is 1.93 bits per heavy atom. The molecule has 0 aliphatic carbocycles. The summed E-state index contributed by atoms with van der Waals surface area (Å²) in [5.74, 6) is -0.720. The molecule has 228 valence electrons. The van der Waals surface area contributed by atoms with Crippen LogP contribution in [0.4, 0.5) is 20.3 Å². The van der Waals surface area contributed by atoms with E-state index >= 15 is 8.78 Å². The first-order chi connectivity index (χ1) is 21.1. The number of piperazine rings is 1. The van der Waals surface area contributed by atoms with Crippen molar-refractivity contribution in [3.8, 4) is 16.9 Å². The average molecular weight is 618 g/mol. The molecule has 1 aromatic carbocycles. The molecular weight excluding hydrogens is 584 g/mol. The second-order valence-electron chi connectivity index (χ2n) is 11.4. The predicted molar refractivity (Wildman–Crippen MR) is 170 cm³/mol. The molecule has 0 spiro atoms. The molecular formula is C32H33F2N7O2S. The molecule has 0 radical (unpaired) electrons. The number of anilines is 2. The van der Waals surface area contributed by atoms with Crippen LogP contribution in [0.5, 0.6) is 0 Å². The minimum absolute atomic E-state index is 0.0257. The molecule has 2 bridgehead atoms. The minimum Gasteiger partial charge on any atom is -0.373 e. The molecule has 4 aromatic rings. The van der Waals surface area contributed by atoms with E-state index in [0.29, 0.717) is 54.4 Å². The van der Waals surface area contributed by atoms with Gasteiger partial charge in [0.15, 0.2) is 11.5 Å². The summed E-state index contributed by atoms with van der Waals surface area (Å²) >= 11 is 1.55. The summed E-state index contributed by atoms with van der Waals surface area (Å²) in [5, 5.41) is 0.305. The van der Waals surface area contributed by atoms with Gasteiger partial charge in [-0.25, -0.2) is 23.1 Å². The number of fused-ring (bicyclic) bond motifs is 5. The molecule has 5 heterocycles. The Kier molecular flexibility index (Phi) is 7.87. The largest absolute Gasteiger partial charge is 0.373 e. The highest BCUT2D eigenvalue weighted by atomic mass is 32.2. The number of hydrogen-bond donors (Lipinski definition) is 0. The van der Waals surface area contributed by atoms with Gasteiger partial charge in [0.1, 0.15) is 17.3 Å². The topological polar surface area (TPSA) is 87.5 Å². The molecule has 3 aromatic heterocycles. The van der Waals surface area contributed by atoms with Gasteiger partial charge in [0.2, 0.25) is 5.91 Å². The van der Waals surface area contributed by atoms with E-state index in [4.69, 9.17) is 4.98 Å². The van der Waals surface area contributed by atoms with E-state index in [1.807, 2.05) is 43.7 Å². The van der Waals surface area contributed by atoms with Crippen LogP contribution < -0.4 is 15.5 Å². The molecule has 0 saturated carbocycles. The monoisotopic (exact) mass is 617 g/mol. The quantitative estimate of drug-likeness (QED) is 0.297. The maximum Gasteiger partial charge on any atom is 0.355 e. The second kappa shape index (κ2) is 11.6. The normalized spacial score (nSPS) is 16.9. The Morgan fingerprint density at radius 3 is 2.66 bits per heavy atom. The number of aromatic nitrogens is 4. The van der Waals surface area contributed by atoms with Gasteiger partial charge in [-0.2, -0.15) is 4.98 Å². The lowest BCUT2D eigenvalue weighted by atomic mass is 10.0. The first-order valence-corrected chi connectivity index (χ1v) is 15.5. The van der Waals surface area contributed by atoms with E-state index in [1.54, 1.807) is 35.0 Å². The van der Waals surface area contributed by atoms with Gasteiger partial charge in [0, 0.05) is 61.8 Å². The van der Waals surface area contributed by atoms with Crippen molar-refractivity contribution in [3.63, 3.8) is 0 Å². The summed E-state index contributed by atoms with van der Waals surface area (Å²) in [6, 6.07) is 7.53. The Hall–Kier alpha value is -4.32. The third kappa shape index (κ3) is 5.00. The maximum absolute atomic E-state index is 16.3. The number of thioether (sulfide) groups is 1. The lowest BCUT2D eigenvalue weighted by molar-refractivity contribution is -0.126. The number of halogens is 2. The number of benzene rings is 1. The SMILES string of the molecule is C=CC(=O)N1CCN(c2nc(=O)n3c4nc(c(F)cc24)-c2c(F)cccc2N(C)CCSc2ccnc(C(C)C)c2-3)C(C)C1. The van der Waals surface area contributed by atoms with Crippen LogP contribution in [-0.2, 0) is 4.79 Å². The molecule has 1 fully saturated rings. The van der Waals surface area contributed by atoms with Crippen molar-refractivity contribution in [3.05, 3.63) is 77.0 Å². The summed E-state index contributed by atoms with van der Waals surface area (Å²) in [6.07, 6.45) is 3.00. The molecule has 9 nitrogen and oxygen atoms in total. The highest BCUT2D eigenvalue weighted by Crippen LogP contribution is 2.39. The van der Waals surface area contributed by atoms with Crippen LogP contribution in [0.3, 0.4) is 0 Å². The Bertz CT molecular complexity index is 1860. The summed E-state index contributed by atoms with van der Waals surface area (Å²) in [6.45, 7) is 11.1. The van der Waals surface area contributed by atoms with E-state index < -0.39 is 17.3 Å². The van der Waals surface area contributed by atoms with E-state index in [0.717, 1.165) is 4.90 Å². The van der Waals surface area contributed by atoms with Crippen molar-refractivity contribution in [2.45, 2.75) is 37.6 Å². The zero-order valence-corrected chi connectivity index (χ0v) is 25.9. The molecule has 6 rings (SSSR count). The van der Waals surface area contributed by atoms with Gasteiger partial charge in [0.25, 0.3) is 0 Å². The molecule has 1 amide bonds. The third-order valence-electron chi connectivity index (χ3n) is 8.20. The van der Waals surface area contributed by atoms with Crippen LogP contribution in [0, 0.1) is 11.6 Å². The van der Waals surface area contributed by atoms with Crippen LogP contribution >= 0.6 is 11.8 Å². The van der Waals surface area contributed by atoms with Gasteiger partial charge < -0.3 is 14.7 Å². The van der Waals surface area contributed by atoms with Crippen LogP contribution in [-0.4, -0.2) is 75.3 Å². The van der Waals surface area contributed by atoms with Crippen LogP contribution in [0.25, 0.3) is 28.0 Å². The van der Waals surface area contributed by atoms with Crippen molar-refractivity contribution >= 4 is 40.2 Å². The minimum atomic E-state index is -0.736. The molecule has 1 saturated heterocycles. The number of hydrogen-bond acceptors (Lipinski definition) is 8. The maximum atomic E-state index is 16.3. The number of carbonyl (C=O) groups excluding carboxylic acids is 1. The fourth-order valence-corrected chi connectivity index (χ4v) is 7.07. The highest BCUT2D eigenvalue weighted by molar-refractivity contribution is 7.99. The number of carbonyl (C=O) groups is 1. The Balaban J connectivity index is 1.70. The summed E-state index contributed by atoms with van der Waals surface area (Å²) in [7, 11) is 1.84. The molecule has 2 aliphatic rings. The van der Waals surface area contributed by atoms with Crippen molar-refractivity contribution in [2.24, 2.45) is 0 Å². The number of amides is 1. The molecule has 44 heavy (non-hydrogen) atoms. The van der Waals surface area contributed by atoms with E-state index in [2.05, 4.69) is 16.5 Å². The van der Waals surface area contributed by atoms with E-state index in [1.165, 1.54) is 22.8 Å². The number of nitrogens with zero attached hydrogens (tertiary/aromatic N) is 7. The average Bonchev–Trinajstić information content (AvgIpc) is 3.00. The van der Waals surface area contributed by atoms with Crippen molar-refractivity contribution in [1.82, 2.24) is 24.4 Å². The lowest BCUT2D eigenvalue weighted by Gasteiger charge is -2.40. The number of pyridine rings is 2. The molecule has 12 heteroatoms. The van der Waals surface area contributed by atoms with E-state index in [9.17, 15) is 9.59 Å². The first kappa shape index (κ1) is 29.7. The van der Waals surface area contributed by atoms with E-state index in [-0.39, 0.29) is 40.6 Å². The van der Waals surface area contributed by atoms with Crippen molar-refractivity contribution < 1.29 is 13.6 Å². The second-order valence-corrected chi connectivity index (χ2v) is 12.5. The molecule has 0 N–H and O–H groups in total. The highest BCUT2D eigenvalue weighted by Gasteiger charge is 2.31. The van der Waals surface area contributed by atoms with Crippen LogP contribution in [0.1, 0.15) is 32.4 Å². The van der Waals surface area contributed by atoms with Gasteiger partial charge in [0.05, 0.1) is 22.3 Å². The van der Waals surface area contributed by atoms with Crippen LogP contribution in [0.2, 0.25) is 0 Å². The van der Waals surface area contributed by atoms with Gasteiger partial charge >= 0.3 is 5.69 Å². The Labute approximate surface area is 258 Å². The zero-order valence-electron chi connectivity index (χ0n) is 25.0. The van der Waals surface area contributed by atoms with Gasteiger partial charge in [-0.3, -0.25) is 9.78 Å². The molecule has 1 atom stereocenters. The van der Waals surface area contributed by atoms with Crippen molar-refractivity contribution in [2.75, 3.05) is 48.8 Å². The number of rotatable bonds is 3. The van der Waals surface area contributed by atoms with Crippen molar-refractivity contribution in [1.29, 1.82) is 0 Å². The zero-order chi connectivity index (χ0) is 31.3. The smallest absolute Gasteiger partial charge is 0.355 e. The predicted octanol–water partition coefficient (Wildman–Crippen LogP) is 5.01. The van der Waals surface area contributed by atoms with Gasteiger partial charge in [-0.15, -0.1) is 11.8 Å². The molecule has 1 unspecified atom stereocenters. The lowest BCUT2D eigenvalue weighted by Crippen LogP contribution is -2.54. The summed E-state index contributed by atoms with van der Waals surface area (Å²) in [5.41, 5.74) is 1.09. The summed E-state index contributed by atoms with van der Waals surface area (Å²) in [4.78, 5) is 46.7. The fourth-order valence-electron chi connectivity index (χ4n) is 6.00. The fraction of sp³-hybridized carbons (Fsp3) is 0.344. The van der Waals surface area contributed by atoms with Gasteiger partial charge in [-0.1, -0.05) is 26.5 Å². The van der Waals surface area contributed by atoms with Crippen LogP contribution in [0.15, 0.2) is 58.9 Å². The molecule has 2 aliphatic heterocycles. The first-order valence-electron chi connectivity index (χ1n) is 14.5. The third-order valence-corrected chi connectivity index (χ3v) is 9.22. The Morgan fingerprint density at radius 1 is 1.14 bits per heavy atom. The standard InChI is InChI=1S/C32H33F2N7O2S/c1-6-25(42)39-12-13-40(19(4)17-39)30-20-16-22(34)28-26-21(33)8-7-9-23(26)38(5)14-15-44-24-10-11-35-27(18(2)3)29(24)41(31(20)36-28)32(43)37-30/h6-11,16,18-19H,1,12-15,17H2,2-5H3.